The molecule has 1 aromatic rings. The number of carbonyl (C=O) groups excluding carboxylic acids is 3. The molecular formula is C20H25N5O6. The van der Waals surface area contributed by atoms with Gasteiger partial charge in [-0.25, -0.2) is 9.59 Å². The van der Waals surface area contributed by atoms with E-state index in [0.717, 1.165) is 0 Å². The molecule has 1 fully saturated rings. The van der Waals surface area contributed by atoms with Crippen LogP contribution >= 0.6 is 0 Å². The highest BCUT2D eigenvalue weighted by atomic mass is 16.6. The number of hydrogen-bond acceptors (Lipinski definition) is 7. The third kappa shape index (κ3) is 5.18. The molecule has 2 aliphatic rings. The van der Waals surface area contributed by atoms with Crippen LogP contribution in [0.2, 0.25) is 0 Å². The molecular weight excluding hydrogens is 406 g/mol. The molecule has 3 amide bonds. The molecule has 1 unspecified atom stereocenters. The van der Waals surface area contributed by atoms with Crippen molar-refractivity contribution in [2.75, 3.05) is 26.2 Å². The Morgan fingerprint density at radius 2 is 1.90 bits per heavy atom. The lowest BCUT2D eigenvalue weighted by atomic mass is 9.93. The highest BCUT2D eigenvalue weighted by molar-refractivity contribution is 5.95. The highest BCUT2D eigenvalue weighted by Gasteiger charge is 2.35. The van der Waals surface area contributed by atoms with Crippen molar-refractivity contribution < 1.29 is 24.0 Å². The normalized spacial score (nSPS) is 20.0. The van der Waals surface area contributed by atoms with Gasteiger partial charge in [0.2, 0.25) is 5.91 Å². The first-order valence-electron chi connectivity index (χ1n) is 10.0. The van der Waals surface area contributed by atoms with Gasteiger partial charge in [0.15, 0.2) is 0 Å². The molecule has 31 heavy (non-hydrogen) atoms. The number of nitro groups is 1. The third-order valence-electron chi connectivity index (χ3n) is 5.46. The van der Waals surface area contributed by atoms with Gasteiger partial charge in [0.1, 0.15) is 0 Å². The minimum atomic E-state index is -0.813. The van der Waals surface area contributed by atoms with Crippen LogP contribution in [-0.2, 0) is 14.3 Å². The number of nitrogens with two attached hydrogens (primary N) is 1. The summed E-state index contributed by atoms with van der Waals surface area (Å²) in [6.45, 7) is 3.32. The Bertz CT molecular complexity index is 905. The zero-order valence-electron chi connectivity index (χ0n) is 17.1. The number of nitrogens with one attached hydrogen (secondary N) is 2. The van der Waals surface area contributed by atoms with E-state index in [2.05, 4.69) is 10.6 Å². The van der Waals surface area contributed by atoms with Crippen molar-refractivity contribution >= 4 is 23.6 Å². The summed E-state index contributed by atoms with van der Waals surface area (Å²) in [4.78, 5) is 49.0. The zero-order valence-corrected chi connectivity index (χ0v) is 17.1. The standard InChI is InChI=1S/C20H25N5O6/c1-2-31-19(27)16-15(11-24-9-7-13(8-10-24)18(21)26)22-20(28)23-17(16)12-3-5-14(6-4-12)25(29)30/h3-6,13,17H,2,7-11H2,1H3,(H2,21,26)(H2,22,23,28). The van der Waals surface area contributed by atoms with Crippen LogP contribution in [0.5, 0.6) is 0 Å². The van der Waals surface area contributed by atoms with Gasteiger partial charge in [-0.05, 0) is 50.6 Å². The number of urea groups is 1. The number of hydrogen-bond donors (Lipinski definition) is 3. The third-order valence-corrected chi connectivity index (χ3v) is 5.46. The molecule has 11 nitrogen and oxygen atoms in total. The SMILES string of the molecule is CCOC(=O)C1=C(CN2CCC(C(N)=O)CC2)NC(=O)NC1c1ccc([N+](=O)[O-])cc1. The number of primary amides is 1. The predicted octanol–water partition coefficient (Wildman–Crippen LogP) is 0.963. The first kappa shape index (κ1) is 22.2. The van der Waals surface area contributed by atoms with E-state index in [9.17, 15) is 24.5 Å². The molecule has 166 valence electrons. The summed E-state index contributed by atoms with van der Waals surface area (Å²) in [5.41, 5.74) is 6.46. The van der Waals surface area contributed by atoms with Crippen molar-refractivity contribution in [3.8, 4) is 0 Å². The Balaban J connectivity index is 1.90. The lowest BCUT2D eigenvalue weighted by molar-refractivity contribution is -0.384. The minimum Gasteiger partial charge on any atom is -0.463 e. The Morgan fingerprint density at radius 1 is 1.26 bits per heavy atom. The summed E-state index contributed by atoms with van der Waals surface area (Å²) in [5, 5.41) is 16.4. The smallest absolute Gasteiger partial charge is 0.338 e. The quantitative estimate of drug-likeness (QED) is 0.330. The molecule has 0 saturated carbocycles. The first-order valence-corrected chi connectivity index (χ1v) is 10.0. The van der Waals surface area contributed by atoms with Gasteiger partial charge in [0.05, 0.1) is 23.1 Å². The van der Waals surface area contributed by atoms with E-state index in [1.165, 1.54) is 24.3 Å². The van der Waals surface area contributed by atoms with Crippen LogP contribution in [0.25, 0.3) is 0 Å². The summed E-state index contributed by atoms with van der Waals surface area (Å²) in [7, 11) is 0. The molecule has 0 aliphatic carbocycles. The molecule has 3 rings (SSSR count). The second-order valence-electron chi connectivity index (χ2n) is 7.45. The van der Waals surface area contributed by atoms with Gasteiger partial charge in [-0.2, -0.15) is 0 Å². The van der Waals surface area contributed by atoms with E-state index < -0.39 is 23.0 Å². The van der Waals surface area contributed by atoms with Crippen LogP contribution in [-0.4, -0.2) is 54.0 Å². The number of likely N-dealkylation sites (tertiary alicyclic amines) is 1. The maximum Gasteiger partial charge on any atom is 0.338 e. The second kappa shape index (κ2) is 9.56. The fraction of sp³-hybridized carbons (Fsp3) is 0.450. The number of non-ortho nitro benzene ring substituents is 1. The van der Waals surface area contributed by atoms with Crippen molar-refractivity contribution in [3.05, 3.63) is 51.2 Å². The first-order chi connectivity index (χ1) is 14.8. The number of rotatable bonds is 7. The van der Waals surface area contributed by atoms with Gasteiger partial charge >= 0.3 is 12.0 Å². The van der Waals surface area contributed by atoms with Gasteiger partial charge in [-0.3, -0.25) is 19.8 Å². The van der Waals surface area contributed by atoms with Crippen LogP contribution < -0.4 is 16.4 Å². The number of nitro benzene ring substituents is 1. The van der Waals surface area contributed by atoms with Gasteiger partial charge in [0, 0.05) is 30.3 Å². The van der Waals surface area contributed by atoms with Crippen molar-refractivity contribution in [2.24, 2.45) is 11.7 Å². The van der Waals surface area contributed by atoms with Crippen molar-refractivity contribution in [2.45, 2.75) is 25.8 Å². The molecule has 2 heterocycles. The number of amides is 3. The molecule has 1 saturated heterocycles. The molecule has 11 heteroatoms. The number of nitrogens with zero attached hydrogens (tertiary/aromatic N) is 2. The summed E-state index contributed by atoms with van der Waals surface area (Å²) in [6, 6.07) is 4.35. The Morgan fingerprint density at radius 3 is 2.45 bits per heavy atom. The van der Waals surface area contributed by atoms with Crippen molar-refractivity contribution in [1.29, 1.82) is 0 Å². The minimum absolute atomic E-state index is 0.0942. The lowest BCUT2D eigenvalue weighted by Gasteiger charge is -2.34. The fourth-order valence-corrected chi connectivity index (χ4v) is 3.83. The van der Waals surface area contributed by atoms with E-state index in [1.807, 2.05) is 4.90 Å². The number of esters is 1. The molecule has 0 spiro atoms. The lowest BCUT2D eigenvalue weighted by Crippen LogP contribution is -2.49. The van der Waals surface area contributed by atoms with Gasteiger partial charge < -0.3 is 21.1 Å². The van der Waals surface area contributed by atoms with Gasteiger partial charge in [-0.15, -0.1) is 0 Å². The number of piperidine rings is 1. The fourth-order valence-electron chi connectivity index (χ4n) is 3.83. The number of carbonyl (C=O) groups is 3. The zero-order chi connectivity index (χ0) is 22.5. The van der Waals surface area contributed by atoms with Crippen LogP contribution in [0.3, 0.4) is 0 Å². The van der Waals surface area contributed by atoms with E-state index in [-0.39, 0.29) is 36.2 Å². The van der Waals surface area contributed by atoms with Gasteiger partial charge in [0.25, 0.3) is 5.69 Å². The summed E-state index contributed by atoms with van der Waals surface area (Å²) in [5.74, 6) is -1.08. The molecule has 0 aromatic heterocycles. The van der Waals surface area contributed by atoms with Crippen molar-refractivity contribution in [3.63, 3.8) is 0 Å². The van der Waals surface area contributed by atoms with Gasteiger partial charge in [-0.1, -0.05) is 0 Å². The van der Waals surface area contributed by atoms with Crippen LogP contribution in [0.1, 0.15) is 31.4 Å². The Kier molecular flexibility index (Phi) is 6.85. The van der Waals surface area contributed by atoms with E-state index in [4.69, 9.17) is 10.5 Å². The summed E-state index contributed by atoms with van der Waals surface area (Å²) in [6.07, 6.45) is 1.21. The number of ether oxygens (including phenoxy) is 1. The molecule has 4 N–H and O–H groups in total. The van der Waals surface area contributed by atoms with E-state index in [1.54, 1.807) is 6.92 Å². The van der Waals surface area contributed by atoms with E-state index >= 15 is 0 Å². The van der Waals surface area contributed by atoms with E-state index in [0.29, 0.717) is 37.2 Å². The average molecular weight is 431 g/mol. The molecule has 1 atom stereocenters. The molecule has 1 aromatic carbocycles. The topological polar surface area (TPSA) is 157 Å². The maximum absolute atomic E-state index is 12.8. The predicted molar refractivity (Wildman–Crippen MR) is 110 cm³/mol. The largest absolute Gasteiger partial charge is 0.463 e. The average Bonchev–Trinajstić information content (AvgIpc) is 2.74. The molecule has 0 bridgehead atoms. The monoisotopic (exact) mass is 431 g/mol. The second-order valence-corrected chi connectivity index (χ2v) is 7.45. The maximum atomic E-state index is 12.8. The Hall–Kier alpha value is -3.47. The number of benzene rings is 1. The van der Waals surface area contributed by atoms with Crippen LogP contribution in [0, 0.1) is 16.0 Å². The molecule has 2 aliphatic heterocycles. The molecule has 0 radical (unpaired) electrons. The van der Waals surface area contributed by atoms with Crippen LogP contribution in [0.15, 0.2) is 35.5 Å². The Labute approximate surface area is 178 Å². The highest BCUT2D eigenvalue weighted by Crippen LogP contribution is 2.30. The van der Waals surface area contributed by atoms with Crippen LogP contribution in [0.4, 0.5) is 10.5 Å². The summed E-state index contributed by atoms with van der Waals surface area (Å²) < 4.78 is 5.22. The summed E-state index contributed by atoms with van der Waals surface area (Å²) >= 11 is 0. The van der Waals surface area contributed by atoms with Crippen molar-refractivity contribution in [1.82, 2.24) is 15.5 Å².